The highest BCUT2D eigenvalue weighted by atomic mass is 35.5. The average molecular weight is 528 g/mol. The lowest BCUT2D eigenvalue weighted by molar-refractivity contribution is -0.113. The molecule has 2 fully saturated rings. The molecule has 0 spiro atoms. The van der Waals surface area contributed by atoms with Crippen molar-refractivity contribution in [3.63, 3.8) is 0 Å². The Bertz CT molecular complexity index is 1200. The van der Waals surface area contributed by atoms with Crippen LogP contribution in [0.5, 0.6) is 0 Å². The zero-order valence-corrected chi connectivity index (χ0v) is 21.8. The quantitative estimate of drug-likeness (QED) is 0.556. The molecule has 0 aliphatic carbocycles. The minimum atomic E-state index is -0.210. The molecule has 1 aromatic heterocycles. The largest absolute Gasteiger partial charge is 0.349 e. The van der Waals surface area contributed by atoms with Crippen molar-refractivity contribution >= 4 is 64.0 Å². The van der Waals surface area contributed by atoms with E-state index in [1.54, 1.807) is 6.20 Å². The zero-order chi connectivity index (χ0) is 24.4. The monoisotopic (exact) mass is 527 g/mol. The van der Waals surface area contributed by atoms with E-state index < -0.39 is 0 Å². The summed E-state index contributed by atoms with van der Waals surface area (Å²) in [5, 5.41) is 1.40. The van der Waals surface area contributed by atoms with Crippen molar-refractivity contribution in [2.24, 2.45) is 4.99 Å². The number of benzene rings is 1. The van der Waals surface area contributed by atoms with Crippen LogP contribution in [0.2, 0.25) is 5.02 Å². The number of carbonyl (C=O) groups is 2. The van der Waals surface area contributed by atoms with Crippen LogP contribution in [-0.4, -0.2) is 82.0 Å². The lowest BCUT2D eigenvalue weighted by Gasteiger charge is -2.40. The number of thioether (sulfide) groups is 2. The van der Waals surface area contributed by atoms with E-state index in [2.05, 4.69) is 26.7 Å². The lowest BCUT2D eigenvalue weighted by Crippen LogP contribution is -2.54. The van der Waals surface area contributed by atoms with E-state index >= 15 is 0 Å². The first kappa shape index (κ1) is 24.2. The third-order valence-electron chi connectivity index (χ3n) is 6.25. The number of anilines is 1. The van der Waals surface area contributed by atoms with Crippen molar-refractivity contribution in [1.82, 2.24) is 14.8 Å². The Morgan fingerprint density at radius 2 is 1.97 bits per heavy atom. The van der Waals surface area contributed by atoms with Crippen molar-refractivity contribution in [1.29, 1.82) is 0 Å². The third kappa shape index (κ3) is 5.37. The van der Waals surface area contributed by atoms with Crippen LogP contribution in [0.1, 0.15) is 22.8 Å². The van der Waals surface area contributed by atoms with Gasteiger partial charge in [-0.25, -0.2) is 4.98 Å². The van der Waals surface area contributed by atoms with Crippen LogP contribution >= 0.6 is 35.1 Å². The van der Waals surface area contributed by atoms with Gasteiger partial charge in [-0.2, -0.15) is 16.8 Å². The van der Waals surface area contributed by atoms with Gasteiger partial charge in [0.2, 0.25) is 0 Å². The van der Waals surface area contributed by atoms with Crippen LogP contribution in [-0.2, 0) is 4.79 Å². The molecule has 0 bridgehead atoms. The van der Waals surface area contributed by atoms with Gasteiger partial charge in [0.25, 0.3) is 11.8 Å². The first-order valence-electron chi connectivity index (χ1n) is 11.6. The molecule has 0 saturated carbocycles. The second kappa shape index (κ2) is 10.6. The predicted molar refractivity (Wildman–Crippen MR) is 145 cm³/mol. The normalized spacial score (nSPS) is 22.1. The number of amides is 2. The molecule has 35 heavy (non-hydrogen) atoms. The molecule has 7 nitrogen and oxygen atoms in total. The maximum Gasteiger partial charge on any atom is 0.286 e. The number of hydrogen-bond donors (Lipinski definition) is 0. The summed E-state index contributed by atoms with van der Waals surface area (Å²) in [7, 11) is 0. The Balaban J connectivity index is 1.26. The molecule has 0 radical (unpaired) electrons. The highest BCUT2D eigenvalue weighted by molar-refractivity contribution is 8.18. The van der Waals surface area contributed by atoms with Crippen LogP contribution in [0.4, 0.5) is 5.82 Å². The summed E-state index contributed by atoms with van der Waals surface area (Å²) in [5.41, 5.74) is 1.44. The Kier molecular flexibility index (Phi) is 7.36. The van der Waals surface area contributed by atoms with E-state index in [0.29, 0.717) is 35.1 Å². The minimum Gasteiger partial charge on any atom is -0.349 e. The van der Waals surface area contributed by atoms with Crippen molar-refractivity contribution in [2.75, 3.05) is 49.1 Å². The van der Waals surface area contributed by atoms with E-state index in [4.69, 9.17) is 11.6 Å². The number of halogens is 1. The molecule has 3 aliphatic heterocycles. The maximum atomic E-state index is 13.3. The van der Waals surface area contributed by atoms with E-state index in [9.17, 15) is 9.59 Å². The summed E-state index contributed by atoms with van der Waals surface area (Å²) >= 11 is 9.69. The van der Waals surface area contributed by atoms with Crippen molar-refractivity contribution in [3.8, 4) is 0 Å². The van der Waals surface area contributed by atoms with Gasteiger partial charge in [-0.1, -0.05) is 23.7 Å². The van der Waals surface area contributed by atoms with Crippen LogP contribution in [0.25, 0.3) is 6.08 Å². The molecule has 5 rings (SSSR count). The molecule has 0 N–H and O–H groups in total. The van der Waals surface area contributed by atoms with E-state index in [0.717, 1.165) is 41.1 Å². The second-order valence-corrected chi connectivity index (χ2v) is 11.3. The first-order chi connectivity index (χ1) is 17.0. The molecule has 1 aromatic carbocycles. The molecular formula is C25H26ClN5O2S2. The molecule has 1 unspecified atom stereocenters. The van der Waals surface area contributed by atoms with Crippen LogP contribution in [0.15, 0.2) is 52.5 Å². The van der Waals surface area contributed by atoms with Gasteiger partial charge in [0, 0.05) is 62.0 Å². The number of rotatable bonds is 3. The Morgan fingerprint density at radius 1 is 1.14 bits per heavy atom. The topological polar surface area (TPSA) is 69.1 Å². The van der Waals surface area contributed by atoms with Crippen molar-refractivity contribution in [2.45, 2.75) is 13.0 Å². The highest BCUT2D eigenvalue weighted by Gasteiger charge is 2.30. The molecule has 10 heteroatoms. The molecule has 2 saturated heterocycles. The lowest BCUT2D eigenvalue weighted by atomic mass is 10.1. The summed E-state index contributed by atoms with van der Waals surface area (Å²) in [6.07, 6.45) is 3.57. The van der Waals surface area contributed by atoms with E-state index in [1.807, 2.05) is 59.1 Å². The van der Waals surface area contributed by atoms with Crippen molar-refractivity contribution in [3.05, 3.63) is 63.6 Å². The number of aromatic nitrogens is 1. The number of amidine groups is 1. The highest BCUT2D eigenvalue weighted by Crippen LogP contribution is 2.31. The van der Waals surface area contributed by atoms with E-state index in [-0.39, 0.29) is 17.9 Å². The number of nitrogens with zero attached hydrogens (tertiary/aromatic N) is 5. The third-order valence-corrected chi connectivity index (χ3v) is 8.53. The van der Waals surface area contributed by atoms with Gasteiger partial charge in [0.1, 0.15) is 5.82 Å². The predicted octanol–water partition coefficient (Wildman–Crippen LogP) is 4.11. The summed E-state index contributed by atoms with van der Waals surface area (Å²) in [6, 6.07) is 11.2. The smallest absolute Gasteiger partial charge is 0.286 e. The fourth-order valence-corrected chi connectivity index (χ4v) is 6.53. The van der Waals surface area contributed by atoms with Gasteiger partial charge in [-0.15, -0.1) is 0 Å². The fraction of sp³-hybridized carbons (Fsp3) is 0.360. The van der Waals surface area contributed by atoms with Gasteiger partial charge >= 0.3 is 0 Å². The zero-order valence-electron chi connectivity index (χ0n) is 19.4. The number of pyridine rings is 1. The Labute approximate surface area is 218 Å². The summed E-state index contributed by atoms with van der Waals surface area (Å²) < 4.78 is 0. The molecular weight excluding hydrogens is 502 g/mol. The molecule has 2 aromatic rings. The van der Waals surface area contributed by atoms with Crippen molar-refractivity contribution < 1.29 is 9.59 Å². The van der Waals surface area contributed by atoms with Crippen LogP contribution < -0.4 is 4.90 Å². The van der Waals surface area contributed by atoms with Crippen LogP contribution in [0.3, 0.4) is 0 Å². The second-order valence-electron chi connectivity index (χ2n) is 8.64. The van der Waals surface area contributed by atoms with E-state index in [1.165, 1.54) is 11.8 Å². The number of hydrogen-bond acceptors (Lipinski definition) is 7. The van der Waals surface area contributed by atoms with Gasteiger partial charge in [0.05, 0.1) is 9.93 Å². The van der Waals surface area contributed by atoms with Gasteiger partial charge in [-0.3, -0.25) is 9.59 Å². The summed E-state index contributed by atoms with van der Waals surface area (Å²) in [6.45, 7) is 5.73. The number of piperazine rings is 1. The molecule has 4 heterocycles. The summed E-state index contributed by atoms with van der Waals surface area (Å²) in [5.74, 6) is 2.64. The molecule has 1 atom stereocenters. The number of carbonyl (C=O) groups excluding carboxylic acids is 2. The molecule has 182 valence electrons. The standard InChI is InChI=1S/C25H26ClN5O2S2/c1-17-16-30(8-9-31(17)22-20(26)6-3-7-27-22)24(33)19-5-2-4-18(14-19)15-21-23(32)28-25(35-21)29-10-12-34-13-11-29/h2-7,14-15,17H,8-13,16H2,1H3. The fourth-order valence-electron chi connectivity index (χ4n) is 4.43. The summed E-state index contributed by atoms with van der Waals surface area (Å²) in [4.78, 5) is 41.3. The van der Waals surface area contributed by atoms with Gasteiger partial charge in [-0.05, 0) is 54.6 Å². The van der Waals surface area contributed by atoms with Gasteiger partial charge in [0.15, 0.2) is 5.17 Å². The van der Waals surface area contributed by atoms with Crippen LogP contribution in [0, 0.1) is 0 Å². The maximum absolute atomic E-state index is 13.3. The number of aliphatic imine (C=N–C) groups is 1. The van der Waals surface area contributed by atoms with Gasteiger partial charge < -0.3 is 14.7 Å². The molecule has 3 aliphatic rings. The molecule has 2 amide bonds. The first-order valence-corrected chi connectivity index (χ1v) is 14.0. The Hall–Kier alpha value is -2.49. The minimum absolute atomic E-state index is 0.0166. The Morgan fingerprint density at radius 3 is 2.74 bits per heavy atom. The average Bonchev–Trinajstić information content (AvgIpc) is 3.25. The SMILES string of the molecule is CC1CN(C(=O)c2cccc(C=C3SC(N4CCSCC4)=NC3=O)c2)CCN1c1ncccc1Cl.